The van der Waals surface area contributed by atoms with Crippen LogP contribution in [0.4, 0.5) is 0 Å². The number of amides is 1. The van der Waals surface area contributed by atoms with Crippen LogP contribution in [0.1, 0.15) is 89.0 Å². The molecule has 4 aliphatic rings. The molecule has 0 saturated heterocycles. The molecule has 0 radical (unpaired) electrons. The van der Waals surface area contributed by atoms with Crippen LogP contribution in [0, 0.1) is 16.7 Å². The summed E-state index contributed by atoms with van der Waals surface area (Å²) >= 11 is 0. The van der Waals surface area contributed by atoms with Crippen LogP contribution >= 0.6 is 0 Å². The van der Waals surface area contributed by atoms with Crippen LogP contribution in [0.3, 0.4) is 0 Å². The molecule has 0 spiro atoms. The number of para-hydroxylation sites is 1. The predicted octanol–water partition coefficient (Wildman–Crippen LogP) is 5.07. The van der Waals surface area contributed by atoms with Crippen LogP contribution in [0.2, 0.25) is 0 Å². The summed E-state index contributed by atoms with van der Waals surface area (Å²) in [6, 6.07) is 7.54. The Hall–Kier alpha value is -2.17. The summed E-state index contributed by atoms with van der Waals surface area (Å²) in [5.41, 5.74) is 1.04. The lowest BCUT2D eigenvalue weighted by atomic mass is 9.43. The molecule has 5 heteroatoms. The molecule has 2 aromatic rings. The van der Waals surface area contributed by atoms with Crippen molar-refractivity contribution in [2.75, 3.05) is 0 Å². The summed E-state index contributed by atoms with van der Waals surface area (Å²) in [5, 5.41) is 8.56. The van der Waals surface area contributed by atoms with E-state index in [4.69, 9.17) is 0 Å². The molecule has 4 aliphatic carbocycles. The Morgan fingerprint density at radius 3 is 2.48 bits per heavy atom. The minimum absolute atomic E-state index is 0.0567. The molecule has 1 aromatic heterocycles. The summed E-state index contributed by atoms with van der Waals surface area (Å²) < 4.78 is 1.86. The normalized spacial score (nSPS) is 33.7. The Morgan fingerprint density at radius 2 is 1.81 bits per heavy atom. The van der Waals surface area contributed by atoms with Gasteiger partial charge in [0.05, 0.1) is 5.52 Å². The molecule has 4 atom stereocenters. The first kappa shape index (κ1) is 20.7. The van der Waals surface area contributed by atoms with E-state index in [2.05, 4.69) is 31.2 Å². The van der Waals surface area contributed by atoms with Crippen molar-refractivity contribution in [1.82, 2.24) is 15.1 Å². The second kappa shape index (κ2) is 7.18. The van der Waals surface area contributed by atoms with Gasteiger partial charge in [-0.25, -0.2) is 0 Å². The summed E-state index contributed by atoms with van der Waals surface area (Å²) in [4.78, 5) is 26.7. The van der Waals surface area contributed by atoms with Gasteiger partial charge < -0.3 is 5.32 Å². The third kappa shape index (κ3) is 3.60. The van der Waals surface area contributed by atoms with Crippen molar-refractivity contribution < 1.29 is 4.79 Å². The van der Waals surface area contributed by atoms with Gasteiger partial charge in [0, 0.05) is 17.5 Å². The average molecular weight is 422 g/mol. The van der Waals surface area contributed by atoms with Crippen molar-refractivity contribution in [3.8, 4) is 0 Å². The Balaban J connectivity index is 1.49. The number of hydrogen-bond donors (Lipinski definition) is 1. The molecule has 166 valence electrons. The second-order valence-electron chi connectivity index (χ2n) is 11.5. The number of fused-ring (bicyclic) bond motifs is 1. The lowest BCUT2D eigenvalue weighted by Crippen LogP contribution is -2.65. The smallest absolute Gasteiger partial charge is 0.276 e. The maximum absolute atomic E-state index is 13.5. The predicted molar refractivity (Wildman–Crippen MR) is 123 cm³/mol. The van der Waals surface area contributed by atoms with Gasteiger partial charge in [-0.05, 0) is 73.8 Å². The van der Waals surface area contributed by atoms with Crippen LogP contribution in [0.25, 0.3) is 10.9 Å². The molecule has 4 saturated carbocycles. The van der Waals surface area contributed by atoms with Crippen molar-refractivity contribution in [1.29, 1.82) is 0 Å². The molecule has 4 bridgehead atoms. The second-order valence-corrected chi connectivity index (χ2v) is 11.5. The molecule has 1 amide bonds. The zero-order chi connectivity index (χ0) is 21.9. The molecular weight excluding hydrogens is 386 g/mol. The van der Waals surface area contributed by atoms with Crippen molar-refractivity contribution >= 4 is 16.8 Å². The van der Waals surface area contributed by atoms with Gasteiger partial charge in [0.25, 0.3) is 5.91 Å². The fourth-order valence-electron chi connectivity index (χ4n) is 7.96. The third-order valence-corrected chi connectivity index (χ3v) is 8.06. The quantitative estimate of drug-likeness (QED) is 0.663. The number of hydrogen-bond acceptors (Lipinski definition) is 3. The summed E-state index contributed by atoms with van der Waals surface area (Å²) in [7, 11) is 0. The largest absolute Gasteiger partial charge is 0.345 e. The topological polar surface area (TPSA) is 64.0 Å². The van der Waals surface area contributed by atoms with E-state index in [1.807, 2.05) is 28.9 Å². The Kier molecular flexibility index (Phi) is 4.80. The molecule has 5 nitrogen and oxygen atoms in total. The fourth-order valence-corrected chi connectivity index (χ4v) is 7.96. The highest BCUT2D eigenvalue weighted by molar-refractivity contribution is 5.95. The average Bonchev–Trinajstić information content (AvgIpc) is 2.66. The highest BCUT2D eigenvalue weighted by atomic mass is 16.2. The zero-order valence-electron chi connectivity index (χ0n) is 19.2. The van der Waals surface area contributed by atoms with Gasteiger partial charge in [-0.15, -0.1) is 0 Å². The maximum atomic E-state index is 13.5. The SMILES string of the molecule is CCCCCn1nc(C(=O)NC23CC4C[C@@](C)(C2)C[C@](C)(C4)C3)c(=O)c2ccccc21. The summed E-state index contributed by atoms with van der Waals surface area (Å²) in [6.45, 7) is 7.68. The van der Waals surface area contributed by atoms with Gasteiger partial charge in [-0.2, -0.15) is 5.10 Å². The number of benzene rings is 1. The molecule has 31 heavy (non-hydrogen) atoms. The van der Waals surface area contributed by atoms with E-state index < -0.39 is 0 Å². The molecule has 0 aliphatic heterocycles. The lowest BCUT2D eigenvalue weighted by Gasteiger charge is -2.65. The van der Waals surface area contributed by atoms with E-state index in [-0.39, 0.29) is 22.6 Å². The molecule has 6 rings (SSSR count). The molecular formula is C26H35N3O2. The molecule has 4 fully saturated rings. The van der Waals surface area contributed by atoms with Gasteiger partial charge in [0.15, 0.2) is 5.69 Å². The standard InChI is InChI=1S/C26H35N3O2/c1-4-5-8-11-29-20-10-7-6-9-19(20)22(30)21(28-29)23(31)27-26-14-18-12-24(2,16-26)15-25(3,13-18)17-26/h6-7,9-10,18H,4-5,8,11-17H2,1-3H3,(H,27,31)/t18?,24-,25+,26?. The molecule has 1 aromatic carbocycles. The summed E-state index contributed by atoms with van der Waals surface area (Å²) in [6.07, 6.45) is 10.1. The van der Waals surface area contributed by atoms with Crippen LogP contribution in [-0.4, -0.2) is 21.2 Å². The van der Waals surface area contributed by atoms with Crippen molar-refractivity contribution in [2.45, 2.75) is 90.6 Å². The van der Waals surface area contributed by atoms with E-state index in [0.717, 1.165) is 50.6 Å². The Labute approximate surface area is 184 Å². The van der Waals surface area contributed by atoms with Gasteiger partial charge in [-0.1, -0.05) is 45.7 Å². The van der Waals surface area contributed by atoms with Gasteiger partial charge in [0.2, 0.25) is 5.43 Å². The fraction of sp³-hybridized carbons (Fsp3) is 0.654. The number of nitrogens with one attached hydrogen (secondary N) is 1. The Bertz CT molecular complexity index is 1070. The van der Waals surface area contributed by atoms with E-state index >= 15 is 0 Å². The number of rotatable bonds is 6. The minimum Gasteiger partial charge on any atom is -0.345 e. The monoisotopic (exact) mass is 421 g/mol. The zero-order valence-corrected chi connectivity index (χ0v) is 19.2. The number of carbonyl (C=O) groups is 1. The van der Waals surface area contributed by atoms with Crippen molar-refractivity contribution in [3.63, 3.8) is 0 Å². The van der Waals surface area contributed by atoms with Crippen LogP contribution in [0.5, 0.6) is 0 Å². The number of aromatic nitrogens is 2. The maximum Gasteiger partial charge on any atom is 0.276 e. The molecule has 1 heterocycles. The first-order valence-corrected chi connectivity index (χ1v) is 12.1. The minimum atomic E-state index is -0.283. The van der Waals surface area contributed by atoms with Crippen LogP contribution in [0.15, 0.2) is 29.1 Å². The van der Waals surface area contributed by atoms with E-state index in [9.17, 15) is 9.59 Å². The van der Waals surface area contributed by atoms with E-state index in [1.165, 1.54) is 19.3 Å². The number of nitrogens with zero attached hydrogens (tertiary/aromatic N) is 2. The molecule has 1 N–H and O–H groups in total. The van der Waals surface area contributed by atoms with Crippen molar-refractivity contribution in [3.05, 3.63) is 40.2 Å². The van der Waals surface area contributed by atoms with Crippen molar-refractivity contribution in [2.24, 2.45) is 16.7 Å². The first-order valence-electron chi connectivity index (χ1n) is 12.1. The van der Waals surface area contributed by atoms with Crippen LogP contribution in [-0.2, 0) is 6.54 Å². The number of carbonyl (C=O) groups excluding carboxylic acids is 1. The van der Waals surface area contributed by atoms with Gasteiger partial charge in [0.1, 0.15) is 0 Å². The van der Waals surface area contributed by atoms with Gasteiger partial charge >= 0.3 is 0 Å². The van der Waals surface area contributed by atoms with Crippen LogP contribution < -0.4 is 10.7 Å². The number of unbranched alkanes of at least 4 members (excludes halogenated alkanes) is 2. The number of aryl methyl sites for hydroxylation is 1. The third-order valence-electron chi connectivity index (χ3n) is 8.06. The van der Waals surface area contributed by atoms with Gasteiger partial charge in [-0.3, -0.25) is 14.3 Å². The van der Waals surface area contributed by atoms with E-state index in [1.54, 1.807) is 0 Å². The van der Waals surface area contributed by atoms with E-state index in [0.29, 0.717) is 22.1 Å². The summed E-state index contributed by atoms with van der Waals surface area (Å²) in [5.74, 6) is 0.399. The highest BCUT2D eigenvalue weighted by Crippen LogP contribution is 2.66. The Morgan fingerprint density at radius 1 is 1.10 bits per heavy atom. The lowest BCUT2D eigenvalue weighted by molar-refractivity contribution is -0.114. The highest BCUT2D eigenvalue weighted by Gasteiger charge is 2.60. The first-order chi connectivity index (χ1) is 14.7. The molecule has 2 unspecified atom stereocenters.